The second-order valence-corrected chi connectivity index (χ2v) is 7.66. The van der Waals surface area contributed by atoms with Crippen molar-refractivity contribution in [1.82, 2.24) is 15.1 Å². The van der Waals surface area contributed by atoms with E-state index in [-0.39, 0.29) is 24.2 Å². The zero-order valence-corrected chi connectivity index (χ0v) is 17.6. The van der Waals surface area contributed by atoms with Crippen LogP contribution in [0.5, 0.6) is 0 Å². The molecule has 8 nitrogen and oxygen atoms in total. The van der Waals surface area contributed by atoms with Crippen molar-refractivity contribution in [3.63, 3.8) is 0 Å². The van der Waals surface area contributed by atoms with Gasteiger partial charge < -0.3 is 19.1 Å². The second-order valence-electron chi connectivity index (χ2n) is 6.72. The highest BCUT2D eigenvalue weighted by atomic mass is 32.1. The molecule has 0 saturated carbocycles. The minimum Gasteiger partial charge on any atom is -0.459 e. The molecule has 3 aromatic heterocycles. The van der Waals surface area contributed by atoms with Crippen LogP contribution in [0.2, 0.25) is 0 Å². The van der Waals surface area contributed by atoms with Crippen LogP contribution in [0.25, 0.3) is 11.7 Å². The van der Waals surface area contributed by atoms with Crippen LogP contribution in [0.15, 0.2) is 69.0 Å². The molecule has 3 heterocycles. The minimum atomic E-state index is -0.207. The first kappa shape index (κ1) is 20.5. The standard InChI is InChI=1S/C22H20N4O4S/c1-2-10-26(14-19-24-25-21(30-19)17-8-4-11-29-17)22(28)15-6-3-7-16(13-15)23-20(27)18-9-5-12-31-18/h3-9,11-13H,2,10,14H2,1H3,(H,23,27). The number of aromatic nitrogens is 2. The van der Waals surface area contributed by atoms with Gasteiger partial charge in [-0.2, -0.15) is 0 Å². The Kier molecular flexibility index (Phi) is 6.23. The van der Waals surface area contributed by atoms with E-state index in [1.54, 1.807) is 47.4 Å². The van der Waals surface area contributed by atoms with Gasteiger partial charge in [0.1, 0.15) is 0 Å². The third-order valence-electron chi connectivity index (χ3n) is 4.42. The number of hydrogen-bond donors (Lipinski definition) is 1. The molecule has 9 heteroatoms. The van der Waals surface area contributed by atoms with E-state index < -0.39 is 0 Å². The lowest BCUT2D eigenvalue weighted by molar-refractivity contribution is 0.0728. The van der Waals surface area contributed by atoms with E-state index in [0.717, 1.165) is 6.42 Å². The van der Waals surface area contributed by atoms with E-state index >= 15 is 0 Å². The van der Waals surface area contributed by atoms with Crippen LogP contribution >= 0.6 is 11.3 Å². The van der Waals surface area contributed by atoms with Crippen LogP contribution in [0, 0.1) is 0 Å². The van der Waals surface area contributed by atoms with Gasteiger partial charge in [-0.05, 0) is 48.2 Å². The highest BCUT2D eigenvalue weighted by Crippen LogP contribution is 2.20. The molecule has 0 aliphatic heterocycles. The summed E-state index contributed by atoms with van der Waals surface area (Å²) in [5.41, 5.74) is 1.02. The van der Waals surface area contributed by atoms with Gasteiger partial charge in [0.05, 0.1) is 17.7 Å². The van der Waals surface area contributed by atoms with Gasteiger partial charge in [-0.3, -0.25) is 9.59 Å². The van der Waals surface area contributed by atoms with E-state index in [1.165, 1.54) is 17.6 Å². The normalized spacial score (nSPS) is 10.7. The van der Waals surface area contributed by atoms with Gasteiger partial charge in [-0.15, -0.1) is 21.5 Å². The van der Waals surface area contributed by atoms with Gasteiger partial charge >= 0.3 is 0 Å². The lowest BCUT2D eigenvalue weighted by Crippen LogP contribution is -2.31. The lowest BCUT2D eigenvalue weighted by Gasteiger charge is -2.20. The summed E-state index contributed by atoms with van der Waals surface area (Å²) in [7, 11) is 0. The number of thiophene rings is 1. The Balaban J connectivity index is 1.48. The molecule has 158 valence electrons. The van der Waals surface area contributed by atoms with Crippen molar-refractivity contribution in [2.45, 2.75) is 19.9 Å². The molecule has 0 aliphatic carbocycles. The molecular weight excluding hydrogens is 416 g/mol. The molecule has 1 N–H and O–H groups in total. The topological polar surface area (TPSA) is 101 Å². The Labute approximate surface area is 182 Å². The molecule has 0 radical (unpaired) electrons. The van der Waals surface area contributed by atoms with E-state index in [2.05, 4.69) is 15.5 Å². The molecule has 0 spiro atoms. The predicted octanol–water partition coefficient (Wildman–Crippen LogP) is 4.70. The third-order valence-corrected chi connectivity index (χ3v) is 5.29. The van der Waals surface area contributed by atoms with E-state index in [4.69, 9.17) is 8.83 Å². The molecule has 4 aromatic rings. The molecule has 2 amide bonds. The van der Waals surface area contributed by atoms with Gasteiger partial charge in [0.15, 0.2) is 5.76 Å². The molecule has 1 aromatic carbocycles. The van der Waals surface area contributed by atoms with Crippen molar-refractivity contribution in [3.05, 3.63) is 76.5 Å². The van der Waals surface area contributed by atoms with Gasteiger partial charge in [0, 0.05) is 17.8 Å². The highest BCUT2D eigenvalue weighted by molar-refractivity contribution is 7.12. The lowest BCUT2D eigenvalue weighted by atomic mass is 10.1. The number of furan rings is 1. The number of nitrogens with zero attached hydrogens (tertiary/aromatic N) is 3. The predicted molar refractivity (Wildman–Crippen MR) is 116 cm³/mol. The van der Waals surface area contributed by atoms with Crippen LogP contribution < -0.4 is 5.32 Å². The summed E-state index contributed by atoms with van der Waals surface area (Å²) in [6, 6.07) is 13.9. The van der Waals surface area contributed by atoms with Crippen molar-refractivity contribution in [2.24, 2.45) is 0 Å². The summed E-state index contributed by atoms with van der Waals surface area (Å²) in [6.07, 6.45) is 2.29. The molecular formula is C22H20N4O4S. The zero-order valence-electron chi connectivity index (χ0n) is 16.8. The van der Waals surface area contributed by atoms with Crippen molar-refractivity contribution in [1.29, 1.82) is 0 Å². The molecule has 0 bridgehead atoms. The summed E-state index contributed by atoms with van der Waals surface area (Å²) < 4.78 is 10.9. The molecule has 0 fully saturated rings. The van der Waals surface area contributed by atoms with E-state index in [1.807, 2.05) is 18.4 Å². The van der Waals surface area contributed by atoms with Crippen molar-refractivity contribution in [3.8, 4) is 11.7 Å². The number of nitrogens with one attached hydrogen (secondary N) is 1. The second kappa shape index (κ2) is 9.40. The van der Waals surface area contributed by atoms with E-state index in [0.29, 0.717) is 34.3 Å². The fourth-order valence-electron chi connectivity index (χ4n) is 3.02. The van der Waals surface area contributed by atoms with Crippen LogP contribution in [0.1, 0.15) is 39.3 Å². The average molecular weight is 436 g/mol. The van der Waals surface area contributed by atoms with Crippen LogP contribution in [0.3, 0.4) is 0 Å². The summed E-state index contributed by atoms with van der Waals surface area (Å²) in [4.78, 5) is 27.7. The molecule has 31 heavy (non-hydrogen) atoms. The van der Waals surface area contributed by atoms with Gasteiger partial charge in [-0.1, -0.05) is 19.1 Å². The average Bonchev–Trinajstić information content (AvgIpc) is 3.55. The quantitative estimate of drug-likeness (QED) is 0.430. The van der Waals surface area contributed by atoms with E-state index in [9.17, 15) is 9.59 Å². The Morgan fingerprint density at radius 1 is 1.13 bits per heavy atom. The first-order valence-electron chi connectivity index (χ1n) is 9.74. The van der Waals surface area contributed by atoms with Crippen LogP contribution in [0.4, 0.5) is 5.69 Å². The number of carbonyl (C=O) groups is 2. The molecule has 0 saturated heterocycles. The minimum absolute atomic E-state index is 0.173. The van der Waals surface area contributed by atoms with Crippen molar-refractivity contribution < 1.29 is 18.4 Å². The number of amides is 2. The zero-order chi connectivity index (χ0) is 21.6. The number of benzene rings is 1. The third kappa shape index (κ3) is 4.89. The van der Waals surface area contributed by atoms with Crippen LogP contribution in [-0.4, -0.2) is 33.5 Å². The summed E-state index contributed by atoms with van der Waals surface area (Å²) in [5, 5.41) is 12.7. The summed E-state index contributed by atoms with van der Waals surface area (Å²) >= 11 is 1.36. The fraction of sp³-hybridized carbons (Fsp3) is 0.182. The maximum absolute atomic E-state index is 13.1. The molecule has 0 aliphatic rings. The maximum atomic E-state index is 13.1. The number of rotatable bonds is 8. The number of carbonyl (C=O) groups excluding carboxylic acids is 2. The number of anilines is 1. The Morgan fingerprint density at radius 2 is 2.03 bits per heavy atom. The fourth-order valence-corrected chi connectivity index (χ4v) is 3.63. The first-order chi connectivity index (χ1) is 15.1. The van der Waals surface area contributed by atoms with Gasteiger partial charge in [-0.25, -0.2) is 0 Å². The summed E-state index contributed by atoms with van der Waals surface area (Å²) in [6.45, 7) is 2.68. The van der Waals surface area contributed by atoms with Gasteiger partial charge in [0.25, 0.3) is 17.7 Å². The Hall–Kier alpha value is -3.72. The number of hydrogen-bond acceptors (Lipinski definition) is 7. The Morgan fingerprint density at radius 3 is 2.77 bits per heavy atom. The Bertz CT molecular complexity index is 1150. The SMILES string of the molecule is CCCN(Cc1nnc(-c2ccco2)o1)C(=O)c1cccc(NC(=O)c2cccs2)c1. The molecule has 0 atom stereocenters. The van der Waals surface area contributed by atoms with Crippen molar-refractivity contribution >= 4 is 28.8 Å². The summed E-state index contributed by atoms with van der Waals surface area (Å²) in [5.74, 6) is 0.659. The first-order valence-corrected chi connectivity index (χ1v) is 10.6. The van der Waals surface area contributed by atoms with Crippen LogP contribution in [-0.2, 0) is 6.54 Å². The highest BCUT2D eigenvalue weighted by Gasteiger charge is 2.20. The smallest absolute Gasteiger partial charge is 0.283 e. The molecule has 4 rings (SSSR count). The van der Waals surface area contributed by atoms with Gasteiger partial charge in [0.2, 0.25) is 5.89 Å². The largest absolute Gasteiger partial charge is 0.459 e. The monoisotopic (exact) mass is 436 g/mol. The molecule has 0 unspecified atom stereocenters. The van der Waals surface area contributed by atoms with Crippen molar-refractivity contribution in [2.75, 3.05) is 11.9 Å². The maximum Gasteiger partial charge on any atom is 0.283 e.